The second-order valence-electron chi connectivity index (χ2n) is 3.56. The van der Waals surface area contributed by atoms with E-state index >= 15 is 0 Å². The minimum Gasteiger partial charge on any atom is -0.382 e. The van der Waals surface area contributed by atoms with Gasteiger partial charge in [-0.25, -0.2) is 0 Å². The van der Waals surface area contributed by atoms with E-state index in [2.05, 4.69) is 0 Å². The second kappa shape index (κ2) is 2.94. The molecule has 0 amide bonds. The highest BCUT2D eigenvalue weighted by molar-refractivity contribution is 5.89. The Hall–Kier alpha value is -0.370. The Morgan fingerprint density at radius 3 is 2.45 bits per heavy atom. The summed E-state index contributed by atoms with van der Waals surface area (Å²) in [5, 5.41) is 9.63. The van der Waals surface area contributed by atoms with Crippen LogP contribution in [0.3, 0.4) is 0 Å². The largest absolute Gasteiger partial charge is 0.382 e. The van der Waals surface area contributed by atoms with Crippen molar-refractivity contribution < 1.29 is 9.90 Å². The Morgan fingerprint density at radius 2 is 2.18 bits per heavy atom. The molecule has 1 rings (SSSR count). The Balaban J connectivity index is 2.52. The Morgan fingerprint density at radius 1 is 1.64 bits per heavy atom. The van der Waals surface area contributed by atoms with Gasteiger partial charge in [-0.1, -0.05) is 13.8 Å². The third-order valence-corrected chi connectivity index (χ3v) is 2.70. The molecular weight excluding hydrogens is 140 g/mol. The van der Waals surface area contributed by atoms with Crippen molar-refractivity contribution in [3.05, 3.63) is 0 Å². The molecule has 1 atom stereocenters. The van der Waals surface area contributed by atoms with Crippen LogP contribution in [-0.2, 0) is 4.79 Å². The Labute approximate surface area is 67.6 Å². The van der Waals surface area contributed by atoms with Crippen molar-refractivity contribution in [2.45, 2.75) is 45.1 Å². The van der Waals surface area contributed by atoms with Crippen molar-refractivity contribution in [1.29, 1.82) is 0 Å². The first-order chi connectivity index (χ1) is 5.10. The molecule has 0 bridgehead atoms. The monoisotopic (exact) mass is 156 g/mol. The molecule has 1 N–H and O–H groups in total. The van der Waals surface area contributed by atoms with Gasteiger partial charge in [-0.15, -0.1) is 0 Å². The van der Waals surface area contributed by atoms with Gasteiger partial charge in [-0.2, -0.15) is 0 Å². The summed E-state index contributed by atoms with van der Waals surface area (Å²) in [6.45, 7) is 3.86. The summed E-state index contributed by atoms with van der Waals surface area (Å²) in [4.78, 5) is 11.4. The van der Waals surface area contributed by atoms with Crippen LogP contribution in [0.25, 0.3) is 0 Å². The fourth-order valence-electron chi connectivity index (χ4n) is 1.40. The van der Waals surface area contributed by atoms with Crippen LogP contribution in [0.4, 0.5) is 0 Å². The van der Waals surface area contributed by atoms with Gasteiger partial charge in [0.15, 0.2) is 5.78 Å². The molecule has 11 heavy (non-hydrogen) atoms. The number of aliphatic hydroxyl groups is 1. The summed E-state index contributed by atoms with van der Waals surface area (Å²) in [6, 6.07) is 0. The van der Waals surface area contributed by atoms with Crippen molar-refractivity contribution in [2.75, 3.05) is 0 Å². The van der Waals surface area contributed by atoms with E-state index in [-0.39, 0.29) is 11.7 Å². The molecule has 1 unspecified atom stereocenters. The van der Waals surface area contributed by atoms with E-state index in [0.29, 0.717) is 12.8 Å². The Kier molecular flexibility index (Phi) is 2.33. The smallest absolute Gasteiger partial charge is 0.167 e. The van der Waals surface area contributed by atoms with Crippen LogP contribution in [-0.4, -0.2) is 16.5 Å². The molecule has 0 heterocycles. The molecule has 0 spiro atoms. The molecular formula is C9H16O2. The molecule has 64 valence electrons. The number of rotatable bonds is 3. The molecule has 0 aromatic heterocycles. The first-order valence-corrected chi connectivity index (χ1v) is 4.37. The lowest BCUT2D eigenvalue weighted by atomic mass is 9.73. The Bertz CT molecular complexity index is 159. The maximum atomic E-state index is 11.4. The summed E-state index contributed by atoms with van der Waals surface area (Å²) in [7, 11) is 0. The summed E-state index contributed by atoms with van der Waals surface area (Å²) >= 11 is 0. The fourth-order valence-corrected chi connectivity index (χ4v) is 1.40. The van der Waals surface area contributed by atoms with Gasteiger partial charge < -0.3 is 5.11 Å². The minimum atomic E-state index is -0.935. The van der Waals surface area contributed by atoms with Crippen LogP contribution in [0.2, 0.25) is 0 Å². The van der Waals surface area contributed by atoms with Crippen LogP contribution in [0.5, 0.6) is 0 Å². The molecule has 1 saturated carbocycles. The van der Waals surface area contributed by atoms with Crippen molar-refractivity contribution in [3.8, 4) is 0 Å². The van der Waals surface area contributed by atoms with Gasteiger partial charge in [0.25, 0.3) is 0 Å². The maximum absolute atomic E-state index is 11.4. The number of hydrogen-bond acceptors (Lipinski definition) is 2. The van der Waals surface area contributed by atoms with Crippen LogP contribution >= 0.6 is 0 Å². The highest BCUT2D eigenvalue weighted by Gasteiger charge is 2.42. The molecule has 1 aliphatic carbocycles. The van der Waals surface area contributed by atoms with Crippen molar-refractivity contribution in [1.82, 2.24) is 0 Å². The zero-order valence-corrected chi connectivity index (χ0v) is 7.26. The predicted molar refractivity (Wildman–Crippen MR) is 43.3 cm³/mol. The highest BCUT2D eigenvalue weighted by Crippen LogP contribution is 2.34. The average Bonchev–Trinajstić information content (AvgIpc) is 1.97. The number of carbonyl (C=O) groups is 1. The zero-order chi connectivity index (χ0) is 8.48. The van der Waals surface area contributed by atoms with E-state index in [1.165, 1.54) is 0 Å². The van der Waals surface area contributed by atoms with Crippen LogP contribution < -0.4 is 0 Å². The van der Waals surface area contributed by atoms with E-state index < -0.39 is 5.60 Å². The van der Waals surface area contributed by atoms with Crippen molar-refractivity contribution >= 4 is 5.78 Å². The molecule has 0 aromatic carbocycles. The molecule has 2 heteroatoms. The van der Waals surface area contributed by atoms with Gasteiger partial charge in [0.05, 0.1) is 0 Å². The second-order valence-corrected chi connectivity index (χ2v) is 3.56. The predicted octanol–water partition coefficient (Wildman–Crippen LogP) is 1.52. The lowest BCUT2D eigenvalue weighted by molar-refractivity contribution is -0.150. The SMILES string of the molecule is CCC(C)C(=O)C1(O)CCC1. The van der Waals surface area contributed by atoms with Gasteiger partial charge in [-0.3, -0.25) is 4.79 Å². The molecule has 2 nitrogen and oxygen atoms in total. The van der Waals surface area contributed by atoms with Gasteiger partial charge in [0.2, 0.25) is 0 Å². The third-order valence-electron chi connectivity index (χ3n) is 2.70. The van der Waals surface area contributed by atoms with E-state index in [0.717, 1.165) is 12.8 Å². The summed E-state index contributed by atoms with van der Waals surface area (Å²) in [5.74, 6) is 0.0755. The average molecular weight is 156 g/mol. The molecule has 0 aromatic rings. The lowest BCUT2D eigenvalue weighted by Gasteiger charge is -2.36. The van der Waals surface area contributed by atoms with Gasteiger partial charge in [-0.05, 0) is 25.7 Å². The first kappa shape index (κ1) is 8.72. The standard InChI is InChI=1S/C9H16O2/c1-3-7(2)8(10)9(11)5-4-6-9/h7,11H,3-6H2,1-2H3. The van der Waals surface area contributed by atoms with Gasteiger partial charge >= 0.3 is 0 Å². The van der Waals surface area contributed by atoms with Crippen LogP contribution in [0.15, 0.2) is 0 Å². The third kappa shape index (κ3) is 1.45. The molecule has 0 aliphatic heterocycles. The van der Waals surface area contributed by atoms with E-state index in [1.807, 2.05) is 13.8 Å². The fraction of sp³-hybridized carbons (Fsp3) is 0.889. The van der Waals surface area contributed by atoms with Gasteiger partial charge in [0.1, 0.15) is 5.60 Å². The summed E-state index contributed by atoms with van der Waals surface area (Å²) < 4.78 is 0. The zero-order valence-electron chi connectivity index (χ0n) is 7.26. The first-order valence-electron chi connectivity index (χ1n) is 4.37. The quantitative estimate of drug-likeness (QED) is 0.672. The topological polar surface area (TPSA) is 37.3 Å². The minimum absolute atomic E-state index is 0.0281. The highest BCUT2D eigenvalue weighted by atomic mass is 16.3. The summed E-state index contributed by atoms with van der Waals surface area (Å²) in [6.07, 6.45) is 3.19. The van der Waals surface area contributed by atoms with Crippen LogP contribution in [0, 0.1) is 5.92 Å². The van der Waals surface area contributed by atoms with Crippen molar-refractivity contribution in [3.63, 3.8) is 0 Å². The van der Waals surface area contributed by atoms with E-state index in [4.69, 9.17) is 0 Å². The number of Topliss-reactive ketones (excluding diaryl/α,β-unsaturated/α-hetero) is 1. The molecule has 0 saturated heterocycles. The van der Waals surface area contributed by atoms with E-state index in [9.17, 15) is 9.90 Å². The van der Waals surface area contributed by atoms with E-state index in [1.54, 1.807) is 0 Å². The normalized spacial score (nSPS) is 23.9. The number of carbonyl (C=O) groups excluding carboxylic acids is 1. The molecule has 0 radical (unpaired) electrons. The summed E-state index contributed by atoms with van der Waals surface area (Å²) in [5.41, 5.74) is -0.935. The van der Waals surface area contributed by atoms with Gasteiger partial charge in [0, 0.05) is 5.92 Å². The molecule has 1 fully saturated rings. The van der Waals surface area contributed by atoms with Crippen molar-refractivity contribution in [2.24, 2.45) is 5.92 Å². The number of ketones is 1. The molecule has 1 aliphatic rings. The lowest BCUT2D eigenvalue weighted by Crippen LogP contribution is -2.47. The maximum Gasteiger partial charge on any atom is 0.167 e. The number of hydrogen-bond donors (Lipinski definition) is 1. The van der Waals surface area contributed by atoms with Crippen LogP contribution in [0.1, 0.15) is 39.5 Å².